The third-order valence-electron chi connectivity index (χ3n) is 3.52. The van der Waals surface area contributed by atoms with E-state index in [0.717, 1.165) is 11.3 Å². The molecule has 0 saturated heterocycles. The van der Waals surface area contributed by atoms with Crippen LogP contribution in [0.3, 0.4) is 0 Å². The zero-order chi connectivity index (χ0) is 19.3. The fraction of sp³-hybridized carbons (Fsp3) is 0.111. The Labute approximate surface area is 153 Å². The molecule has 27 heavy (non-hydrogen) atoms. The van der Waals surface area contributed by atoms with Crippen LogP contribution in [0.15, 0.2) is 72.0 Å². The molecule has 6 nitrogen and oxygen atoms in total. The Morgan fingerprint density at radius 3 is 2.52 bits per heavy atom. The lowest BCUT2D eigenvalue weighted by Gasteiger charge is -2.11. The summed E-state index contributed by atoms with van der Waals surface area (Å²) in [6, 6.07) is 14.7. The maximum atomic E-state index is 12.2. The number of nitrogens with two attached hydrogens (primary N) is 1. The molecule has 0 radical (unpaired) electrons. The van der Waals surface area contributed by atoms with Gasteiger partial charge < -0.3 is 15.8 Å². The van der Waals surface area contributed by atoms with Gasteiger partial charge in [0, 0.05) is 18.1 Å². The first-order chi connectivity index (χ1) is 12.9. The van der Waals surface area contributed by atoms with Gasteiger partial charge >= 0.3 is 6.36 Å². The van der Waals surface area contributed by atoms with Gasteiger partial charge in [0.2, 0.25) is 0 Å². The lowest BCUT2D eigenvalue weighted by Crippen LogP contribution is -2.22. The van der Waals surface area contributed by atoms with E-state index in [4.69, 9.17) is 5.73 Å². The summed E-state index contributed by atoms with van der Waals surface area (Å²) < 4.78 is 42.0. The van der Waals surface area contributed by atoms with Crippen molar-refractivity contribution in [2.45, 2.75) is 12.9 Å². The number of hydrogen-bond acceptors (Lipinski definition) is 3. The van der Waals surface area contributed by atoms with Crippen LogP contribution in [0.4, 0.5) is 18.9 Å². The van der Waals surface area contributed by atoms with Crippen LogP contribution in [-0.4, -0.2) is 22.1 Å². The van der Waals surface area contributed by atoms with Crippen molar-refractivity contribution in [2.24, 2.45) is 10.7 Å². The molecule has 0 amide bonds. The van der Waals surface area contributed by atoms with Gasteiger partial charge in [-0.15, -0.1) is 13.2 Å². The maximum absolute atomic E-state index is 12.2. The van der Waals surface area contributed by atoms with Crippen molar-refractivity contribution in [2.75, 3.05) is 5.32 Å². The molecule has 0 spiro atoms. The molecule has 0 aliphatic carbocycles. The van der Waals surface area contributed by atoms with E-state index in [1.54, 1.807) is 10.9 Å². The fourth-order valence-electron chi connectivity index (χ4n) is 2.38. The van der Waals surface area contributed by atoms with Crippen LogP contribution >= 0.6 is 0 Å². The number of para-hydroxylation sites is 1. The molecule has 3 aromatic rings. The molecule has 3 rings (SSSR count). The summed E-state index contributed by atoms with van der Waals surface area (Å²) in [5, 5.41) is 7.03. The number of halogens is 3. The third-order valence-corrected chi connectivity index (χ3v) is 3.52. The molecule has 0 saturated carbocycles. The standard InChI is InChI=1S/C18H16F3N5O/c19-18(20,21)27-15-8-6-14(7-9-15)25-17(22)23-12-13-4-1-2-5-16(13)26-11-3-10-24-26/h1-11H,12H2,(H3,22,23,25). The molecular weight excluding hydrogens is 359 g/mol. The topological polar surface area (TPSA) is 77.5 Å². The Kier molecular flexibility index (Phi) is 5.30. The second-order valence-electron chi connectivity index (χ2n) is 5.48. The average molecular weight is 375 g/mol. The van der Waals surface area contributed by atoms with E-state index in [-0.39, 0.29) is 11.7 Å². The zero-order valence-electron chi connectivity index (χ0n) is 14.0. The summed E-state index contributed by atoms with van der Waals surface area (Å²) in [6.45, 7) is 0.310. The van der Waals surface area contributed by atoms with Gasteiger partial charge in [0.05, 0.1) is 12.2 Å². The van der Waals surface area contributed by atoms with Gasteiger partial charge in [0.1, 0.15) is 5.75 Å². The molecule has 1 aromatic heterocycles. The molecule has 2 aromatic carbocycles. The number of nitrogens with one attached hydrogen (secondary N) is 1. The summed E-state index contributed by atoms with van der Waals surface area (Å²) in [6.07, 6.45) is -1.21. The largest absolute Gasteiger partial charge is 0.573 e. The van der Waals surface area contributed by atoms with Crippen molar-refractivity contribution in [1.29, 1.82) is 0 Å². The van der Waals surface area contributed by atoms with Gasteiger partial charge in [-0.05, 0) is 42.0 Å². The lowest BCUT2D eigenvalue weighted by atomic mass is 10.2. The number of benzene rings is 2. The predicted octanol–water partition coefficient (Wildman–Crippen LogP) is 3.70. The van der Waals surface area contributed by atoms with Crippen molar-refractivity contribution in [3.63, 3.8) is 0 Å². The van der Waals surface area contributed by atoms with Crippen molar-refractivity contribution in [3.8, 4) is 11.4 Å². The molecule has 1 heterocycles. The van der Waals surface area contributed by atoms with E-state index in [1.807, 2.05) is 36.5 Å². The van der Waals surface area contributed by atoms with Crippen LogP contribution < -0.4 is 15.8 Å². The normalized spacial score (nSPS) is 12.0. The van der Waals surface area contributed by atoms with E-state index in [2.05, 4.69) is 20.1 Å². The Hall–Kier alpha value is -3.49. The van der Waals surface area contributed by atoms with E-state index < -0.39 is 6.36 Å². The number of alkyl halides is 3. The highest BCUT2D eigenvalue weighted by atomic mass is 19.4. The minimum Gasteiger partial charge on any atom is -0.406 e. The number of anilines is 1. The van der Waals surface area contributed by atoms with Crippen molar-refractivity contribution in [1.82, 2.24) is 9.78 Å². The van der Waals surface area contributed by atoms with Gasteiger partial charge in [0.25, 0.3) is 0 Å². The van der Waals surface area contributed by atoms with Crippen molar-refractivity contribution in [3.05, 3.63) is 72.6 Å². The highest BCUT2D eigenvalue weighted by Crippen LogP contribution is 2.24. The Bertz CT molecular complexity index is 906. The van der Waals surface area contributed by atoms with Crippen LogP contribution in [0, 0.1) is 0 Å². The summed E-state index contributed by atoms with van der Waals surface area (Å²) >= 11 is 0. The van der Waals surface area contributed by atoms with Gasteiger partial charge in [0.15, 0.2) is 5.96 Å². The molecule has 0 unspecified atom stereocenters. The quantitative estimate of drug-likeness (QED) is 0.527. The van der Waals surface area contributed by atoms with Crippen molar-refractivity contribution >= 4 is 11.6 Å². The molecule has 0 aliphatic heterocycles. The van der Waals surface area contributed by atoms with Crippen molar-refractivity contribution < 1.29 is 17.9 Å². The number of rotatable bonds is 5. The Morgan fingerprint density at radius 2 is 1.85 bits per heavy atom. The first kappa shape index (κ1) is 18.3. The minimum atomic E-state index is -4.72. The monoisotopic (exact) mass is 375 g/mol. The lowest BCUT2D eigenvalue weighted by molar-refractivity contribution is -0.274. The highest BCUT2D eigenvalue weighted by molar-refractivity contribution is 5.92. The third kappa shape index (κ3) is 5.24. The number of aromatic nitrogens is 2. The summed E-state index contributed by atoms with van der Waals surface area (Å²) in [7, 11) is 0. The van der Waals surface area contributed by atoms with E-state index in [0.29, 0.717) is 12.2 Å². The molecule has 0 aliphatic rings. The zero-order valence-corrected chi connectivity index (χ0v) is 14.0. The van der Waals surface area contributed by atoms with Crippen LogP contribution in [0.2, 0.25) is 0 Å². The molecule has 0 fully saturated rings. The van der Waals surface area contributed by atoms with Crippen LogP contribution in [0.1, 0.15) is 5.56 Å². The maximum Gasteiger partial charge on any atom is 0.573 e. The second kappa shape index (κ2) is 7.81. The first-order valence-electron chi connectivity index (χ1n) is 7.91. The van der Waals surface area contributed by atoms with Gasteiger partial charge in [-0.25, -0.2) is 9.67 Å². The summed E-state index contributed by atoms with van der Waals surface area (Å²) in [5.41, 5.74) is 8.16. The van der Waals surface area contributed by atoms with Crippen LogP contribution in [0.25, 0.3) is 5.69 Å². The number of nitrogens with zero attached hydrogens (tertiary/aromatic N) is 3. The molecule has 0 bridgehead atoms. The number of ether oxygens (including phenoxy) is 1. The Morgan fingerprint density at radius 1 is 1.11 bits per heavy atom. The molecule has 140 valence electrons. The average Bonchev–Trinajstić information content (AvgIpc) is 3.15. The van der Waals surface area contributed by atoms with Crippen LogP contribution in [0.5, 0.6) is 5.75 Å². The summed E-state index contributed by atoms with van der Waals surface area (Å²) in [4.78, 5) is 4.27. The Balaban J connectivity index is 1.65. The van der Waals surface area contributed by atoms with E-state index in [1.165, 1.54) is 24.3 Å². The number of hydrogen-bond donors (Lipinski definition) is 2. The van der Waals surface area contributed by atoms with Crippen LogP contribution in [-0.2, 0) is 6.54 Å². The molecule has 9 heteroatoms. The number of aliphatic imine (C=N–C) groups is 1. The molecular formula is C18H16F3N5O. The number of guanidine groups is 1. The molecule has 0 atom stereocenters. The predicted molar refractivity (Wildman–Crippen MR) is 95.6 cm³/mol. The van der Waals surface area contributed by atoms with Gasteiger partial charge in [-0.1, -0.05) is 18.2 Å². The highest BCUT2D eigenvalue weighted by Gasteiger charge is 2.30. The van der Waals surface area contributed by atoms with Gasteiger partial charge in [-0.3, -0.25) is 0 Å². The smallest absolute Gasteiger partial charge is 0.406 e. The summed E-state index contributed by atoms with van der Waals surface area (Å²) in [5.74, 6) is -0.175. The van der Waals surface area contributed by atoms with Gasteiger partial charge in [-0.2, -0.15) is 5.10 Å². The minimum absolute atomic E-state index is 0.134. The van der Waals surface area contributed by atoms with E-state index >= 15 is 0 Å². The fourth-order valence-corrected chi connectivity index (χ4v) is 2.38. The molecule has 3 N–H and O–H groups in total. The van der Waals surface area contributed by atoms with E-state index in [9.17, 15) is 13.2 Å². The SMILES string of the molecule is NC(=NCc1ccccc1-n1cccn1)Nc1ccc(OC(F)(F)F)cc1. The first-order valence-corrected chi connectivity index (χ1v) is 7.91. The second-order valence-corrected chi connectivity index (χ2v) is 5.48.